The Morgan fingerprint density at radius 2 is 1.80 bits per heavy atom. The fraction of sp³-hybridized carbons (Fsp3) is 0.647. The lowest BCUT2D eigenvalue weighted by molar-refractivity contribution is 0.0280. The number of piperidine rings is 1. The molecule has 1 heterocycles. The first-order valence-electron chi connectivity index (χ1n) is 7.88. The van der Waals surface area contributed by atoms with E-state index in [1.165, 1.54) is 24.0 Å². The summed E-state index contributed by atoms with van der Waals surface area (Å²) in [5.74, 6) is 0.831. The van der Waals surface area contributed by atoms with Crippen LogP contribution in [0.3, 0.4) is 0 Å². The van der Waals surface area contributed by atoms with Gasteiger partial charge in [-0.1, -0.05) is 24.3 Å². The molecule has 0 radical (unpaired) electrons. The molecule has 2 aliphatic rings. The average Bonchev–Trinajstić information content (AvgIpc) is 3.34. The van der Waals surface area contributed by atoms with Crippen LogP contribution in [0, 0.1) is 0 Å². The molecule has 3 heteroatoms. The van der Waals surface area contributed by atoms with Gasteiger partial charge in [-0.25, -0.2) is 0 Å². The smallest absolute Gasteiger partial charge is 0.0595 e. The summed E-state index contributed by atoms with van der Waals surface area (Å²) in [6, 6.07) is 9.54. The van der Waals surface area contributed by atoms with Gasteiger partial charge >= 0.3 is 0 Å². The molecule has 110 valence electrons. The number of hydrogen-bond donors (Lipinski definition) is 1. The van der Waals surface area contributed by atoms with Crippen molar-refractivity contribution in [3.63, 3.8) is 0 Å². The fourth-order valence-electron chi connectivity index (χ4n) is 3.33. The molecule has 1 saturated carbocycles. The van der Waals surface area contributed by atoms with Gasteiger partial charge in [0.15, 0.2) is 0 Å². The highest BCUT2D eigenvalue weighted by molar-refractivity contribution is 5.30. The molecule has 0 bridgehead atoms. The summed E-state index contributed by atoms with van der Waals surface area (Å²) in [5.41, 5.74) is 8.91. The molecular weight excluding hydrogens is 248 g/mol. The van der Waals surface area contributed by atoms with E-state index in [1.807, 2.05) is 7.11 Å². The van der Waals surface area contributed by atoms with Crippen molar-refractivity contribution in [3.05, 3.63) is 35.4 Å². The predicted molar refractivity (Wildman–Crippen MR) is 81.8 cm³/mol. The second kappa shape index (κ2) is 6.25. The van der Waals surface area contributed by atoms with Crippen LogP contribution in [0.15, 0.2) is 24.3 Å². The third-order valence-corrected chi connectivity index (χ3v) is 4.84. The molecule has 3 rings (SSSR count). The predicted octanol–water partition coefficient (Wildman–Crippen LogP) is 2.67. The average molecular weight is 274 g/mol. The Hall–Kier alpha value is -0.900. The number of likely N-dealkylation sites (tertiary alicyclic amines) is 1. The van der Waals surface area contributed by atoms with Crippen molar-refractivity contribution in [2.24, 2.45) is 5.73 Å². The molecule has 1 saturated heterocycles. The van der Waals surface area contributed by atoms with Crippen molar-refractivity contribution in [2.45, 2.75) is 43.7 Å². The van der Waals surface area contributed by atoms with E-state index in [0.717, 1.165) is 31.8 Å². The molecule has 0 amide bonds. The minimum Gasteiger partial charge on any atom is -0.381 e. The van der Waals surface area contributed by atoms with Crippen LogP contribution in [0.1, 0.15) is 48.8 Å². The SMILES string of the molecule is COC1CCN(C(CN)c2ccc(C3CC3)cc2)CC1. The fourth-order valence-corrected chi connectivity index (χ4v) is 3.33. The molecule has 20 heavy (non-hydrogen) atoms. The van der Waals surface area contributed by atoms with Crippen LogP contribution in [0.5, 0.6) is 0 Å². The number of hydrogen-bond acceptors (Lipinski definition) is 3. The van der Waals surface area contributed by atoms with E-state index < -0.39 is 0 Å². The van der Waals surface area contributed by atoms with Crippen LogP contribution >= 0.6 is 0 Å². The normalized spacial score (nSPS) is 22.9. The maximum absolute atomic E-state index is 6.04. The Morgan fingerprint density at radius 3 is 2.30 bits per heavy atom. The maximum atomic E-state index is 6.04. The van der Waals surface area contributed by atoms with Gasteiger partial charge in [-0.05, 0) is 42.7 Å². The van der Waals surface area contributed by atoms with E-state index >= 15 is 0 Å². The highest BCUT2D eigenvalue weighted by Gasteiger charge is 2.26. The lowest BCUT2D eigenvalue weighted by Gasteiger charge is -2.37. The number of ether oxygens (including phenoxy) is 1. The van der Waals surface area contributed by atoms with E-state index in [4.69, 9.17) is 10.5 Å². The molecule has 1 aromatic rings. The van der Waals surface area contributed by atoms with Crippen molar-refractivity contribution in [2.75, 3.05) is 26.7 Å². The summed E-state index contributed by atoms with van der Waals surface area (Å²) < 4.78 is 5.45. The summed E-state index contributed by atoms with van der Waals surface area (Å²) in [7, 11) is 1.82. The Labute approximate surface area is 122 Å². The molecule has 2 N–H and O–H groups in total. The molecule has 3 nitrogen and oxygen atoms in total. The molecule has 1 aliphatic heterocycles. The van der Waals surface area contributed by atoms with Crippen LogP contribution in [0.2, 0.25) is 0 Å². The van der Waals surface area contributed by atoms with E-state index in [9.17, 15) is 0 Å². The largest absolute Gasteiger partial charge is 0.381 e. The second-order valence-corrected chi connectivity index (χ2v) is 6.16. The van der Waals surface area contributed by atoms with Gasteiger partial charge in [0.25, 0.3) is 0 Å². The Morgan fingerprint density at radius 1 is 1.15 bits per heavy atom. The zero-order valence-corrected chi connectivity index (χ0v) is 12.4. The molecule has 0 aromatic heterocycles. The van der Waals surface area contributed by atoms with E-state index in [-0.39, 0.29) is 0 Å². The van der Waals surface area contributed by atoms with Crippen LogP contribution in [0.4, 0.5) is 0 Å². The first-order chi connectivity index (χ1) is 9.81. The number of methoxy groups -OCH3 is 1. The number of nitrogens with zero attached hydrogens (tertiary/aromatic N) is 1. The molecule has 2 fully saturated rings. The van der Waals surface area contributed by atoms with E-state index in [1.54, 1.807) is 0 Å². The van der Waals surface area contributed by atoms with Crippen molar-refractivity contribution < 1.29 is 4.74 Å². The highest BCUT2D eigenvalue weighted by atomic mass is 16.5. The monoisotopic (exact) mass is 274 g/mol. The lowest BCUT2D eigenvalue weighted by atomic mass is 9.98. The standard InChI is InChI=1S/C17H26N2O/c1-20-16-8-10-19(11-9-16)17(12-18)15-6-4-14(5-7-15)13-2-3-13/h4-7,13,16-17H,2-3,8-12,18H2,1H3. The van der Waals surface area contributed by atoms with Crippen molar-refractivity contribution in [3.8, 4) is 0 Å². The molecular formula is C17H26N2O. The summed E-state index contributed by atoms with van der Waals surface area (Å²) in [5, 5.41) is 0. The quantitative estimate of drug-likeness (QED) is 0.897. The van der Waals surface area contributed by atoms with E-state index in [0.29, 0.717) is 18.7 Å². The zero-order valence-electron chi connectivity index (χ0n) is 12.4. The number of nitrogens with two attached hydrogens (primary N) is 1. The summed E-state index contributed by atoms with van der Waals surface area (Å²) in [6.07, 6.45) is 5.40. The molecule has 0 spiro atoms. The molecule has 1 aromatic carbocycles. The zero-order chi connectivity index (χ0) is 13.9. The van der Waals surface area contributed by atoms with Crippen molar-refractivity contribution in [1.29, 1.82) is 0 Å². The highest BCUT2D eigenvalue weighted by Crippen LogP contribution is 2.40. The number of rotatable bonds is 5. The van der Waals surface area contributed by atoms with Gasteiger partial charge in [-0.2, -0.15) is 0 Å². The third-order valence-electron chi connectivity index (χ3n) is 4.84. The van der Waals surface area contributed by atoms with Gasteiger partial charge < -0.3 is 10.5 Å². The van der Waals surface area contributed by atoms with Gasteiger partial charge in [0.2, 0.25) is 0 Å². The van der Waals surface area contributed by atoms with Crippen LogP contribution in [-0.4, -0.2) is 37.7 Å². The minimum absolute atomic E-state index is 0.362. The lowest BCUT2D eigenvalue weighted by Crippen LogP contribution is -2.41. The molecule has 1 aliphatic carbocycles. The Bertz CT molecular complexity index is 419. The maximum Gasteiger partial charge on any atom is 0.0595 e. The van der Waals surface area contributed by atoms with Gasteiger partial charge in [0, 0.05) is 32.8 Å². The third kappa shape index (κ3) is 3.05. The first kappa shape index (κ1) is 14.1. The molecule has 1 unspecified atom stereocenters. The minimum atomic E-state index is 0.362. The van der Waals surface area contributed by atoms with Crippen molar-refractivity contribution >= 4 is 0 Å². The van der Waals surface area contributed by atoms with Crippen LogP contribution < -0.4 is 5.73 Å². The molecule has 1 atom stereocenters. The van der Waals surface area contributed by atoms with Gasteiger partial charge in [0.05, 0.1) is 6.10 Å². The van der Waals surface area contributed by atoms with Gasteiger partial charge in [-0.3, -0.25) is 4.90 Å². The summed E-state index contributed by atoms with van der Waals surface area (Å²) in [4.78, 5) is 2.52. The van der Waals surface area contributed by atoms with Crippen LogP contribution in [0.25, 0.3) is 0 Å². The first-order valence-corrected chi connectivity index (χ1v) is 7.88. The Balaban J connectivity index is 1.66. The Kier molecular flexibility index (Phi) is 4.39. The number of benzene rings is 1. The van der Waals surface area contributed by atoms with Crippen LogP contribution in [-0.2, 0) is 4.74 Å². The second-order valence-electron chi connectivity index (χ2n) is 6.16. The van der Waals surface area contributed by atoms with E-state index in [2.05, 4.69) is 29.2 Å². The van der Waals surface area contributed by atoms with Gasteiger partial charge in [-0.15, -0.1) is 0 Å². The van der Waals surface area contributed by atoms with Gasteiger partial charge in [0.1, 0.15) is 0 Å². The topological polar surface area (TPSA) is 38.5 Å². The summed E-state index contributed by atoms with van der Waals surface area (Å²) in [6.45, 7) is 2.87. The summed E-state index contributed by atoms with van der Waals surface area (Å²) >= 11 is 0. The van der Waals surface area contributed by atoms with Crippen molar-refractivity contribution in [1.82, 2.24) is 4.90 Å².